The Balaban J connectivity index is 0.000000637. The van der Waals surface area contributed by atoms with E-state index in [-0.39, 0.29) is 0 Å². The van der Waals surface area contributed by atoms with Gasteiger partial charge in [0.2, 0.25) is 0 Å². The maximum absolute atomic E-state index is 4.26. The van der Waals surface area contributed by atoms with E-state index >= 15 is 0 Å². The SMILES string of the molecule is CC.Cc1cccc(-c2ccc3cnn(C)c3c2)c1. The Labute approximate surface area is 114 Å². The second kappa shape index (κ2) is 5.70. The van der Waals surface area contributed by atoms with Crippen LogP contribution >= 0.6 is 0 Å². The van der Waals surface area contributed by atoms with E-state index in [2.05, 4.69) is 54.5 Å². The van der Waals surface area contributed by atoms with Crippen molar-refractivity contribution in [2.24, 2.45) is 7.05 Å². The molecule has 0 saturated heterocycles. The van der Waals surface area contributed by atoms with E-state index in [4.69, 9.17) is 0 Å². The fourth-order valence-corrected chi connectivity index (χ4v) is 2.15. The summed E-state index contributed by atoms with van der Waals surface area (Å²) < 4.78 is 1.91. The molecule has 3 aromatic rings. The minimum atomic E-state index is 1.17. The first-order valence-corrected chi connectivity index (χ1v) is 6.73. The molecule has 3 rings (SSSR count). The van der Waals surface area contributed by atoms with Gasteiger partial charge in [0.05, 0.1) is 11.7 Å². The van der Waals surface area contributed by atoms with Gasteiger partial charge in [0.15, 0.2) is 0 Å². The fourth-order valence-electron chi connectivity index (χ4n) is 2.15. The van der Waals surface area contributed by atoms with Gasteiger partial charge in [0.1, 0.15) is 0 Å². The zero-order valence-electron chi connectivity index (χ0n) is 12.0. The number of aromatic nitrogens is 2. The lowest BCUT2D eigenvalue weighted by Gasteiger charge is -2.04. The number of benzene rings is 2. The molecule has 1 heterocycles. The van der Waals surface area contributed by atoms with E-state index < -0.39 is 0 Å². The maximum Gasteiger partial charge on any atom is 0.0685 e. The van der Waals surface area contributed by atoms with Crippen LogP contribution in [-0.4, -0.2) is 9.78 Å². The smallest absolute Gasteiger partial charge is 0.0685 e. The molecule has 98 valence electrons. The van der Waals surface area contributed by atoms with Crippen LogP contribution in [0.15, 0.2) is 48.7 Å². The summed E-state index contributed by atoms with van der Waals surface area (Å²) in [4.78, 5) is 0. The van der Waals surface area contributed by atoms with Crippen LogP contribution in [0, 0.1) is 6.92 Å². The topological polar surface area (TPSA) is 17.8 Å². The van der Waals surface area contributed by atoms with E-state index in [9.17, 15) is 0 Å². The van der Waals surface area contributed by atoms with Crippen LogP contribution in [0.5, 0.6) is 0 Å². The van der Waals surface area contributed by atoms with Crippen molar-refractivity contribution in [3.8, 4) is 11.1 Å². The van der Waals surface area contributed by atoms with Crippen molar-refractivity contribution in [1.29, 1.82) is 0 Å². The average molecular weight is 252 g/mol. The van der Waals surface area contributed by atoms with Gasteiger partial charge in [-0.25, -0.2) is 0 Å². The predicted octanol–water partition coefficient (Wildman–Crippen LogP) is 4.57. The first-order valence-electron chi connectivity index (χ1n) is 6.73. The molecule has 0 aliphatic heterocycles. The van der Waals surface area contributed by atoms with Crippen LogP contribution in [-0.2, 0) is 7.05 Å². The summed E-state index contributed by atoms with van der Waals surface area (Å²) in [6.45, 7) is 6.12. The maximum atomic E-state index is 4.26. The highest BCUT2D eigenvalue weighted by Crippen LogP contribution is 2.24. The Morgan fingerprint density at radius 1 is 0.947 bits per heavy atom. The lowest BCUT2D eigenvalue weighted by atomic mass is 10.0. The van der Waals surface area contributed by atoms with Gasteiger partial charge in [-0.1, -0.05) is 55.8 Å². The molecule has 0 bridgehead atoms. The van der Waals surface area contributed by atoms with E-state index in [0.717, 1.165) is 0 Å². The van der Waals surface area contributed by atoms with Gasteiger partial charge in [-0.05, 0) is 24.1 Å². The highest BCUT2D eigenvalue weighted by molar-refractivity contribution is 5.84. The Kier molecular flexibility index (Phi) is 4.00. The summed E-state index contributed by atoms with van der Waals surface area (Å²) >= 11 is 0. The molecule has 0 aliphatic carbocycles. The molecule has 0 unspecified atom stereocenters. The van der Waals surface area contributed by atoms with Crippen LogP contribution in [0.25, 0.3) is 22.0 Å². The van der Waals surface area contributed by atoms with Gasteiger partial charge in [-0.15, -0.1) is 0 Å². The summed E-state index contributed by atoms with van der Waals surface area (Å²) in [5.74, 6) is 0. The zero-order chi connectivity index (χ0) is 13.8. The molecule has 2 heteroatoms. The van der Waals surface area contributed by atoms with Gasteiger partial charge >= 0.3 is 0 Å². The Hall–Kier alpha value is -2.09. The van der Waals surface area contributed by atoms with Crippen molar-refractivity contribution in [3.63, 3.8) is 0 Å². The molecular formula is C17H20N2. The number of aryl methyl sites for hydroxylation is 2. The van der Waals surface area contributed by atoms with Crippen molar-refractivity contribution in [1.82, 2.24) is 9.78 Å². The second-order valence-corrected chi connectivity index (χ2v) is 4.41. The molecule has 0 atom stereocenters. The molecule has 0 radical (unpaired) electrons. The number of hydrogen-bond donors (Lipinski definition) is 0. The Morgan fingerprint density at radius 2 is 1.68 bits per heavy atom. The summed E-state index contributed by atoms with van der Waals surface area (Å²) in [5.41, 5.74) is 4.95. The Morgan fingerprint density at radius 3 is 2.42 bits per heavy atom. The predicted molar refractivity (Wildman–Crippen MR) is 82.2 cm³/mol. The van der Waals surface area contributed by atoms with Gasteiger partial charge in [0, 0.05) is 12.4 Å². The fraction of sp³-hybridized carbons (Fsp3) is 0.235. The molecule has 0 amide bonds. The summed E-state index contributed by atoms with van der Waals surface area (Å²) in [6, 6.07) is 15.0. The molecule has 0 aliphatic rings. The quantitative estimate of drug-likeness (QED) is 0.620. The van der Waals surface area contributed by atoms with Crippen molar-refractivity contribution in [2.75, 3.05) is 0 Å². The van der Waals surface area contributed by atoms with E-state index in [1.165, 1.54) is 27.6 Å². The highest BCUT2D eigenvalue weighted by atomic mass is 15.2. The number of rotatable bonds is 1. The van der Waals surface area contributed by atoms with Crippen molar-refractivity contribution in [2.45, 2.75) is 20.8 Å². The van der Waals surface area contributed by atoms with Crippen molar-refractivity contribution >= 4 is 10.9 Å². The Bertz CT molecular complexity index is 681. The van der Waals surface area contributed by atoms with Gasteiger partial charge in [-0.3, -0.25) is 4.68 Å². The molecule has 1 aromatic heterocycles. The van der Waals surface area contributed by atoms with E-state index in [1.807, 2.05) is 31.8 Å². The molecule has 0 N–H and O–H groups in total. The lowest BCUT2D eigenvalue weighted by Crippen LogP contribution is -1.89. The number of fused-ring (bicyclic) bond motifs is 1. The molecule has 2 aromatic carbocycles. The van der Waals surface area contributed by atoms with Crippen LogP contribution in [0.3, 0.4) is 0 Å². The zero-order valence-corrected chi connectivity index (χ0v) is 12.0. The third-order valence-electron chi connectivity index (χ3n) is 3.10. The van der Waals surface area contributed by atoms with E-state index in [0.29, 0.717) is 0 Å². The largest absolute Gasteiger partial charge is 0.268 e. The number of nitrogens with zero attached hydrogens (tertiary/aromatic N) is 2. The van der Waals surface area contributed by atoms with Crippen LogP contribution in [0.2, 0.25) is 0 Å². The summed E-state index contributed by atoms with van der Waals surface area (Å²) in [7, 11) is 1.97. The highest BCUT2D eigenvalue weighted by Gasteiger charge is 2.02. The monoisotopic (exact) mass is 252 g/mol. The van der Waals surface area contributed by atoms with Gasteiger partial charge < -0.3 is 0 Å². The third kappa shape index (κ3) is 2.68. The summed E-state index contributed by atoms with van der Waals surface area (Å²) in [5, 5.41) is 5.45. The molecule has 0 spiro atoms. The lowest BCUT2D eigenvalue weighted by molar-refractivity contribution is 0.797. The molecular weight excluding hydrogens is 232 g/mol. The minimum absolute atomic E-state index is 1.17. The standard InChI is InChI=1S/C15H14N2.C2H6/c1-11-4-3-5-12(8-11)13-6-7-14-10-16-17(2)15(14)9-13;1-2/h3-10H,1-2H3;1-2H3. The molecule has 0 fully saturated rings. The van der Waals surface area contributed by atoms with Crippen molar-refractivity contribution in [3.05, 3.63) is 54.2 Å². The summed E-state index contributed by atoms with van der Waals surface area (Å²) in [6.07, 6.45) is 1.90. The van der Waals surface area contributed by atoms with Crippen LogP contribution in [0.1, 0.15) is 19.4 Å². The second-order valence-electron chi connectivity index (χ2n) is 4.41. The van der Waals surface area contributed by atoms with Crippen LogP contribution < -0.4 is 0 Å². The average Bonchev–Trinajstić information content (AvgIpc) is 2.82. The van der Waals surface area contributed by atoms with Crippen molar-refractivity contribution < 1.29 is 0 Å². The molecule has 19 heavy (non-hydrogen) atoms. The number of hydrogen-bond acceptors (Lipinski definition) is 1. The normalized spacial score (nSPS) is 10.1. The van der Waals surface area contributed by atoms with Gasteiger partial charge in [0.25, 0.3) is 0 Å². The van der Waals surface area contributed by atoms with E-state index in [1.54, 1.807) is 0 Å². The minimum Gasteiger partial charge on any atom is -0.268 e. The van der Waals surface area contributed by atoms with Crippen LogP contribution in [0.4, 0.5) is 0 Å². The molecule has 2 nitrogen and oxygen atoms in total. The third-order valence-corrected chi connectivity index (χ3v) is 3.10. The van der Waals surface area contributed by atoms with Gasteiger partial charge in [-0.2, -0.15) is 5.10 Å². The first-order chi connectivity index (χ1) is 9.24. The molecule has 0 saturated carbocycles. The first kappa shape index (κ1) is 13.3.